The molecule has 1 aromatic rings. The zero-order valence-corrected chi connectivity index (χ0v) is 13.0. The minimum Gasteiger partial charge on any atom is -0.380 e. The van der Waals surface area contributed by atoms with Crippen LogP contribution in [0.2, 0.25) is 0 Å². The van der Waals surface area contributed by atoms with Gasteiger partial charge in [0.15, 0.2) is 5.13 Å². The number of hydrogen-bond acceptors (Lipinski definition) is 7. The number of ether oxygens (including phenoxy) is 2. The third kappa shape index (κ3) is 5.33. The first kappa shape index (κ1) is 16.3. The Bertz CT molecular complexity index is 444. The van der Waals surface area contributed by atoms with Crippen LogP contribution < -0.4 is 11.1 Å². The van der Waals surface area contributed by atoms with Crippen LogP contribution in [-0.4, -0.2) is 61.9 Å². The van der Waals surface area contributed by atoms with Crippen molar-refractivity contribution in [3.05, 3.63) is 11.1 Å². The molecule has 0 aromatic carbocycles. The van der Waals surface area contributed by atoms with Crippen LogP contribution in [0, 0.1) is 0 Å². The van der Waals surface area contributed by atoms with Crippen LogP contribution in [0.3, 0.4) is 0 Å². The molecular weight excluding hydrogens is 292 g/mol. The fraction of sp³-hybridized carbons (Fsp3) is 0.692. The van der Waals surface area contributed by atoms with E-state index in [0.717, 1.165) is 38.5 Å². The smallest absolute Gasteiger partial charge is 0.228 e. The normalized spacial score (nSPS) is 17.6. The Hall–Kier alpha value is -1.06. The number of carbonyl (C=O) groups is 1. The highest BCUT2D eigenvalue weighted by Gasteiger charge is 2.15. The van der Waals surface area contributed by atoms with Gasteiger partial charge in [-0.1, -0.05) is 0 Å². The van der Waals surface area contributed by atoms with E-state index in [0.29, 0.717) is 11.7 Å². The number of aromatic nitrogens is 1. The summed E-state index contributed by atoms with van der Waals surface area (Å²) in [7, 11) is 1.55. The maximum absolute atomic E-state index is 11.8. The van der Waals surface area contributed by atoms with Crippen LogP contribution >= 0.6 is 11.3 Å². The molecule has 1 aromatic heterocycles. The molecule has 0 saturated carbocycles. The number of rotatable bonds is 7. The first-order valence-corrected chi connectivity index (χ1v) is 7.86. The van der Waals surface area contributed by atoms with Gasteiger partial charge < -0.3 is 20.5 Å². The van der Waals surface area contributed by atoms with Crippen LogP contribution in [0.1, 0.15) is 12.1 Å². The second-order valence-electron chi connectivity index (χ2n) is 4.88. The molecule has 1 fully saturated rings. The summed E-state index contributed by atoms with van der Waals surface area (Å²) >= 11 is 1.44. The van der Waals surface area contributed by atoms with Crippen molar-refractivity contribution < 1.29 is 14.3 Å². The highest BCUT2D eigenvalue weighted by Crippen LogP contribution is 2.17. The maximum Gasteiger partial charge on any atom is 0.228 e. The van der Waals surface area contributed by atoms with Crippen LogP contribution in [-0.2, 0) is 20.8 Å². The van der Waals surface area contributed by atoms with Crippen molar-refractivity contribution in [3.8, 4) is 0 Å². The molecule has 118 valence electrons. The zero-order valence-electron chi connectivity index (χ0n) is 12.2. The summed E-state index contributed by atoms with van der Waals surface area (Å²) in [5.41, 5.74) is 6.47. The Morgan fingerprint density at radius 1 is 1.62 bits per heavy atom. The van der Waals surface area contributed by atoms with E-state index >= 15 is 0 Å². The van der Waals surface area contributed by atoms with Gasteiger partial charge in [0.05, 0.1) is 31.4 Å². The average molecular weight is 314 g/mol. The second-order valence-corrected chi connectivity index (χ2v) is 5.74. The molecule has 0 bridgehead atoms. The van der Waals surface area contributed by atoms with Gasteiger partial charge in [-0.25, -0.2) is 4.98 Å². The van der Waals surface area contributed by atoms with E-state index in [9.17, 15) is 4.79 Å². The van der Waals surface area contributed by atoms with E-state index in [-0.39, 0.29) is 18.4 Å². The SMILES string of the molecule is COC(CN)CC(=O)Nc1nc(CN2CCOCC2)cs1. The molecule has 0 spiro atoms. The van der Waals surface area contributed by atoms with Crippen molar-refractivity contribution in [2.75, 3.05) is 45.3 Å². The molecule has 1 aliphatic rings. The molecular formula is C13H22N4O3S. The van der Waals surface area contributed by atoms with Crippen molar-refractivity contribution >= 4 is 22.4 Å². The molecule has 3 N–H and O–H groups in total. The molecule has 1 saturated heterocycles. The molecule has 1 atom stereocenters. The number of nitrogens with one attached hydrogen (secondary N) is 1. The number of amides is 1. The first-order valence-electron chi connectivity index (χ1n) is 6.98. The molecule has 1 amide bonds. The molecule has 0 radical (unpaired) electrons. The Morgan fingerprint density at radius 3 is 3.05 bits per heavy atom. The van der Waals surface area contributed by atoms with Crippen LogP contribution in [0.4, 0.5) is 5.13 Å². The van der Waals surface area contributed by atoms with Crippen molar-refractivity contribution in [3.63, 3.8) is 0 Å². The highest BCUT2D eigenvalue weighted by molar-refractivity contribution is 7.13. The van der Waals surface area contributed by atoms with Gasteiger partial charge in [0.25, 0.3) is 0 Å². The fourth-order valence-electron chi connectivity index (χ4n) is 2.07. The average Bonchev–Trinajstić information content (AvgIpc) is 2.92. The van der Waals surface area contributed by atoms with E-state index < -0.39 is 0 Å². The summed E-state index contributed by atoms with van der Waals surface area (Å²) in [6.45, 7) is 4.50. The number of nitrogens with zero attached hydrogens (tertiary/aromatic N) is 2. The van der Waals surface area contributed by atoms with Gasteiger partial charge in [0.1, 0.15) is 0 Å². The molecule has 0 aliphatic carbocycles. The monoisotopic (exact) mass is 314 g/mol. The van der Waals surface area contributed by atoms with Gasteiger partial charge in [0, 0.05) is 38.7 Å². The standard InChI is InChI=1S/C13H22N4O3S/c1-19-11(7-14)6-12(18)16-13-15-10(9-21-13)8-17-2-4-20-5-3-17/h9,11H,2-8,14H2,1H3,(H,15,16,18). The molecule has 1 aliphatic heterocycles. The van der Waals surface area contributed by atoms with Crippen LogP contribution in [0.5, 0.6) is 0 Å². The minimum absolute atomic E-state index is 0.125. The number of anilines is 1. The Morgan fingerprint density at radius 2 is 2.38 bits per heavy atom. The highest BCUT2D eigenvalue weighted by atomic mass is 32.1. The Kier molecular flexibility index (Phi) is 6.52. The number of methoxy groups -OCH3 is 1. The maximum atomic E-state index is 11.8. The molecule has 8 heteroatoms. The van der Waals surface area contributed by atoms with E-state index in [4.69, 9.17) is 15.2 Å². The predicted octanol–water partition coefficient (Wildman–Crippen LogP) is 0.278. The minimum atomic E-state index is -0.252. The lowest BCUT2D eigenvalue weighted by Crippen LogP contribution is -2.35. The molecule has 2 heterocycles. The number of thiazole rings is 1. The summed E-state index contributed by atoms with van der Waals surface area (Å²) in [6.07, 6.45) is -0.0106. The van der Waals surface area contributed by atoms with Crippen molar-refractivity contribution in [2.24, 2.45) is 5.73 Å². The summed E-state index contributed by atoms with van der Waals surface area (Å²) in [4.78, 5) is 18.6. The van der Waals surface area contributed by atoms with E-state index in [2.05, 4.69) is 15.2 Å². The van der Waals surface area contributed by atoms with Gasteiger partial charge >= 0.3 is 0 Å². The topological polar surface area (TPSA) is 89.7 Å². The Balaban J connectivity index is 1.80. The second kappa shape index (κ2) is 8.40. The summed E-state index contributed by atoms with van der Waals surface area (Å²) in [6, 6.07) is 0. The van der Waals surface area contributed by atoms with Crippen molar-refractivity contribution in [2.45, 2.75) is 19.1 Å². The number of nitrogens with two attached hydrogens (primary N) is 1. The summed E-state index contributed by atoms with van der Waals surface area (Å²) in [5.74, 6) is -0.125. The number of morpholine rings is 1. The van der Waals surface area contributed by atoms with Gasteiger partial charge in [-0.05, 0) is 0 Å². The predicted molar refractivity (Wildman–Crippen MR) is 81.3 cm³/mol. The van der Waals surface area contributed by atoms with Crippen molar-refractivity contribution in [1.82, 2.24) is 9.88 Å². The lowest BCUT2D eigenvalue weighted by atomic mass is 10.2. The lowest BCUT2D eigenvalue weighted by molar-refractivity contribution is -0.118. The lowest BCUT2D eigenvalue weighted by Gasteiger charge is -2.25. The molecule has 7 nitrogen and oxygen atoms in total. The third-order valence-corrected chi connectivity index (χ3v) is 4.10. The van der Waals surface area contributed by atoms with Crippen molar-refractivity contribution in [1.29, 1.82) is 0 Å². The number of carbonyl (C=O) groups excluding carboxylic acids is 1. The van der Waals surface area contributed by atoms with E-state index in [1.54, 1.807) is 7.11 Å². The van der Waals surface area contributed by atoms with Gasteiger partial charge in [-0.2, -0.15) is 0 Å². The molecule has 21 heavy (non-hydrogen) atoms. The third-order valence-electron chi connectivity index (χ3n) is 3.30. The van der Waals surface area contributed by atoms with Gasteiger partial charge in [-0.3, -0.25) is 9.69 Å². The largest absolute Gasteiger partial charge is 0.380 e. The van der Waals surface area contributed by atoms with Crippen LogP contribution in [0.25, 0.3) is 0 Å². The molecule has 1 unspecified atom stereocenters. The first-order chi connectivity index (χ1) is 10.2. The van der Waals surface area contributed by atoms with E-state index in [1.165, 1.54) is 11.3 Å². The van der Waals surface area contributed by atoms with Gasteiger partial charge in [-0.15, -0.1) is 11.3 Å². The van der Waals surface area contributed by atoms with Gasteiger partial charge in [0.2, 0.25) is 5.91 Å². The quantitative estimate of drug-likeness (QED) is 0.751. The zero-order chi connectivity index (χ0) is 15.1. The van der Waals surface area contributed by atoms with Crippen LogP contribution in [0.15, 0.2) is 5.38 Å². The Labute approximate surface area is 128 Å². The summed E-state index contributed by atoms with van der Waals surface area (Å²) in [5, 5.41) is 5.38. The summed E-state index contributed by atoms with van der Waals surface area (Å²) < 4.78 is 10.4. The molecule has 2 rings (SSSR count). The number of hydrogen-bond donors (Lipinski definition) is 2. The fourth-order valence-corrected chi connectivity index (χ4v) is 2.78. The van der Waals surface area contributed by atoms with E-state index in [1.807, 2.05) is 5.38 Å².